The van der Waals surface area contributed by atoms with Gasteiger partial charge < -0.3 is 15.2 Å². The largest absolute Gasteiger partial charge is 0.391 e. The summed E-state index contributed by atoms with van der Waals surface area (Å²) in [5, 5.41) is 11.7. The Morgan fingerprint density at radius 1 is 1.75 bits per heavy atom. The van der Waals surface area contributed by atoms with E-state index in [4.69, 9.17) is 0 Å². The van der Waals surface area contributed by atoms with E-state index >= 15 is 0 Å². The van der Waals surface area contributed by atoms with Gasteiger partial charge in [0, 0.05) is 6.54 Å². The summed E-state index contributed by atoms with van der Waals surface area (Å²) in [6.07, 6.45) is -4.01. The molecule has 2 unspecified atom stereocenters. The zero-order valence-corrected chi connectivity index (χ0v) is 6.89. The zero-order valence-electron chi connectivity index (χ0n) is 6.89. The average molecular weight is 181 g/mol. The molecule has 0 bridgehead atoms. The number of alkyl halides is 2. The molecule has 72 valence electrons. The molecule has 1 saturated heterocycles. The van der Waals surface area contributed by atoms with Crippen molar-refractivity contribution in [2.75, 3.05) is 13.2 Å². The number of aliphatic hydroxyl groups is 1. The summed E-state index contributed by atoms with van der Waals surface area (Å²) < 4.78 is 30.0. The lowest BCUT2D eigenvalue weighted by atomic mass is 10.1. The molecule has 5 heteroatoms. The molecule has 0 spiro atoms. The van der Waals surface area contributed by atoms with E-state index < -0.39 is 18.3 Å². The Morgan fingerprint density at radius 3 is 2.92 bits per heavy atom. The monoisotopic (exact) mass is 181 g/mol. The number of rotatable bonds is 2. The predicted octanol–water partition coefficient (Wildman–Crippen LogP) is 0.338. The fraction of sp³-hybridized carbons (Fsp3) is 1.00. The SMILES string of the molecule is CCC(O)C1NCCOC1(F)F. The van der Waals surface area contributed by atoms with Crippen LogP contribution in [0.1, 0.15) is 13.3 Å². The van der Waals surface area contributed by atoms with Crippen LogP contribution < -0.4 is 5.32 Å². The van der Waals surface area contributed by atoms with Crippen molar-refractivity contribution >= 4 is 0 Å². The summed E-state index contributed by atoms with van der Waals surface area (Å²) in [6.45, 7) is 1.99. The molecule has 0 radical (unpaired) electrons. The highest BCUT2D eigenvalue weighted by atomic mass is 19.3. The van der Waals surface area contributed by atoms with Crippen LogP contribution in [0.2, 0.25) is 0 Å². The first-order chi connectivity index (χ1) is 5.58. The highest BCUT2D eigenvalue weighted by Gasteiger charge is 2.46. The molecule has 1 heterocycles. The van der Waals surface area contributed by atoms with E-state index in [0.717, 1.165) is 0 Å². The molecule has 12 heavy (non-hydrogen) atoms. The van der Waals surface area contributed by atoms with Gasteiger partial charge in [0.05, 0.1) is 12.7 Å². The second-order valence-corrected chi connectivity index (χ2v) is 2.82. The fourth-order valence-corrected chi connectivity index (χ4v) is 1.21. The molecule has 1 rings (SSSR count). The van der Waals surface area contributed by atoms with Gasteiger partial charge in [0.15, 0.2) is 0 Å². The van der Waals surface area contributed by atoms with Gasteiger partial charge in [0.1, 0.15) is 6.04 Å². The van der Waals surface area contributed by atoms with Gasteiger partial charge in [-0.15, -0.1) is 0 Å². The number of halogens is 2. The summed E-state index contributed by atoms with van der Waals surface area (Å²) in [5.74, 6) is 0. The molecule has 1 fully saturated rings. The minimum Gasteiger partial charge on any atom is -0.391 e. The molecule has 0 saturated carbocycles. The van der Waals surface area contributed by atoms with Gasteiger partial charge in [-0.1, -0.05) is 6.92 Å². The number of hydrogen-bond acceptors (Lipinski definition) is 3. The van der Waals surface area contributed by atoms with Crippen molar-refractivity contribution in [2.45, 2.75) is 31.6 Å². The van der Waals surface area contributed by atoms with Gasteiger partial charge in [0.25, 0.3) is 0 Å². The molecule has 0 aromatic heterocycles. The van der Waals surface area contributed by atoms with Gasteiger partial charge in [-0.25, -0.2) is 0 Å². The lowest BCUT2D eigenvalue weighted by molar-refractivity contribution is -0.284. The molecule has 0 aromatic carbocycles. The third kappa shape index (κ3) is 1.91. The number of nitrogens with one attached hydrogen (secondary N) is 1. The van der Waals surface area contributed by atoms with E-state index in [1.807, 2.05) is 0 Å². The van der Waals surface area contributed by atoms with E-state index in [0.29, 0.717) is 6.54 Å². The fourth-order valence-electron chi connectivity index (χ4n) is 1.21. The van der Waals surface area contributed by atoms with Gasteiger partial charge in [-0.2, -0.15) is 8.78 Å². The zero-order chi connectivity index (χ0) is 9.19. The van der Waals surface area contributed by atoms with E-state index in [-0.39, 0.29) is 13.0 Å². The van der Waals surface area contributed by atoms with Crippen LogP contribution >= 0.6 is 0 Å². The quantitative estimate of drug-likeness (QED) is 0.645. The molecular weight excluding hydrogens is 168 g/mol. The Hall–Kier alpha value is -0.260. The second-order valence-electron chi connectivity index (χ2n) is 2.82. The minimum absolute atomic E-state index is 0.0140. The standard InChI is InChI=1S/C7H13F2NO2/c1-2-5(11)6-7(8,9)12-4-3-10-6/h5-6,10-11H,2-4H2,1H3. The highest BCUT2D eigenvalue weighted by Crippen LogP contribution is 2.25. The molecule has 1 aliphatic heterocycles. The van der Waals surface area contributed by atoms with Crippen LogP contribution in [0, 0.1) is 0 Å². The number of aliphatic hydroxyl groups excluding tert-OH is 1. The smallest absolute Gasteiger partial charge is 0.373 e. The van der Waals surface area contributed by atoms with Crippen LogP contribution in [0.5, 0.6) is 0 Å². The van der Waals surface area contributed by atoms with Crippen LogP contribution in [0.25, 0.3) is 0 Å². The minimum atomic E-state index is -3.24. The Bertz CT molecular complexity index is 154. The van der Waals surface area contributed by atoms with Crippen LogP contribution in [-0.2, 0) is 4.74 Å². The van der Waals surface area contributed by atoms with E-state index in [9.17, 15) is 13.9 Å². The van der Waals surface area contributed by atoms with Crippen molar-refractivity contribution < 1.29 is 18.6 Å². The Kier molecular flexibility index (Phi) is 2.98. The van der Waals surface area contributed by atoms with Crippen molar-refractivity contribution in [3.05, 3.63) is 0 Å². The number of ether oxygens (including phenoxy) is 1. The molecular formula is C7H13F2NO2. The third-order valence-electron chi connectivity index (χ3n) is 1.93. The van der Waals surface area contributed by atoms with Crippen LogP contribution in [0.4, 0.5) is 8.78 Å². The molecule has 2 atom stereocenters. The van der Waals surface area contributed by atoms with Crippen molar-refractivity contribution in [2.24, 2.45) is 0 Å². The first kappa shape index (κ1) is 9.83. The summed E-state index contributed by atoms with van der Waals surface area (Å²) >= 11 is 0. The van der Waals surface area contributed by atoms with Crippen molar-refractivity contribution in [1.29, 1.82) is 0 Å². The number of hydrogen-bond donors (Lipinski definition) is 2. The van der Waals surface area contributed by atoms with Gasteiger partial charge >= 0.3 is 6.11 Å². The summed E-state index contributed by atoms with van der Waals surface area (Å²) in [6, 6.07) is -1.27. The van der Waals surface area contributed by atoms with Crippen LogP contribution in [0.15, 0.2) is 0 Å². The lowest BCUT2D eigenvalue weighted by Gasteiger charge is -2.34. The average Bonchev–Trinajstić information content (AvgIpc) is 2.02. The predicted molar refractivity (Wildman–Crippen MR) is 39.0 cm³/mol. The maximum absolute atomic E-state index is 12.9. The topological polar surface area (TPSA) is 41.5 Å². The summed E-state index contributed by atoms with van der Waals surface area (Å²) in [4.78, 5) is 0. The highest BCUT2D eigenvalue weighted by molar-refractivity contribution is 4.85. The Morgan fingerprint density at radius 2 is 2.42 bits per heavy atom. The third-order valence-corrected chi connectivity index (χ3v) is 1.93. The molecule has 1 aliphatic rings. The first-order valence-electron chi connectivity index (χ1n) is 4.01. The number of morpholine rings is 1. The van der Waals surface area contributed by atoms with E-state index in [2.05, 4.69) is 10.1 Å². The van der Waals surface area contributed by atoms with Crippen molar-refractivity contribution in [3.8, 4) is 0 Å². The van der Waals surface area contributed by atoms with Gasteiger partial charge in [-0.05, 0) is 6.42 Å². The van der Waals surface area contributed by atoms with Crippen molar-refractivity contribution in [1.82, 2.24) is 5.32 Å². The Balaban J connectivity index is 2.59. The summed E-state index contributed by atoms with van der Waals surface area (Å²) in [5.41, 5.74) is 0. The molecule has 0 aliphatic carbocycles. The van der Waals surface area contributed by atoms with Crippen LogP contribution in [-0.4, -0.2) is 36.5 Å². The summed E-state index contributed by atoms with van der Waals surface area (Å²) in [7, 11) is 0. The first-order valence-corrected chi connectivity index (χ1v) is 4.01. The van der Waals surface area contributed by atoms with Crippen molar-refractivity contribution in [3.63, 3.8) is 0 Å². The Labute approximate surface area is 69.7 Å². The molecule has 2 N–H and O–H groups in total. The second kappa shape index (κ2) is 3.64. The normalized spacial score (nSPS) is 31.5. The molecule has 0 aromatic rings. The van der Waals surface area contributed by atoms with Gasteiger partial charge in [-0.3, -0.25) is 0 Å². The molecule has 3 nitrogen and oxygen atoms in total. The van der Waals surface area contributed by atoms with Crippen LogP contribution in [0.3, 0.4) is 0 Å². The van der Waals surface area contributed by atoms with E-state index in [1.165, 1.54) is 0 Å². The van der Waals surface area contributed by atoms with Gasteiger partial charge in [0.2, 0.25) is 0 Å². The maximum Gasteiger partial charge on any atom is 0.373 e. The van der Waals surface area contributed by atoms with E-state index in [1.54, 1.807) is 6.92 Å². The molecule has 0 amide bonds. The maximum atomic E-state index is 12.9. The lowest BCUT2D eigenvalue weighted by Crippen LogP contribution is -2.58.